The number of sulfonamides is 1. The molecule has 0 aromatic heterocycles. The molecule has 8 rings (SSSR count). The predicted octanol–water partition coefficient (Wildman–Crippen LogP) is 6.36. The van der Waals surface area contributed by atoms with Gasteiger partial charge in [-0.05, 0) is 124 Å². The molecule has 41 heavy (non-hydrogen) atoms. The summed E-state index contributed by atoms with van der Waals surface area (Å²) in [5.74, 6) is 3.98. The molecule has 5 fully saturated rings. The third-order valence-electron chi connectivity index (χ3n) is 10.5. The smallest absolute Gasteiger partial charge is 0.268 e. The van der Waals surface area contributed by atoms with Gasteiger partial charge in [0.05, 0.1) is 18.9 Å². The molecule has 2 aliphatic heterocycles. The molecule has 4 bridgehead atoms. The lowest BCUT2D eigenvalue weighted by Gasteiger charge is -2.59. The summed E-state index contributed by atoms with van der Waals surface area (Å²) in [6.07, 6.45) is 9.26. The standard InChI is InChI=1S/C31H39ClN2O5S.ClH/c1-38-25-3-5-27-26(14-25)34(40(36,37)29-13-24(32)2-4-28(29)39-27)18-20-6-8-33(9-7-20)19-30(35)31-15-21-10-22(16-31)12-23(11-21)17-31;/h2-5,13-14,20-23,30,35H,6-12,15-19H2,1H3;1H/t21?,22?,23?,30-,31?;/m0./s1. The van der Waals surface area contributed by atoms with Crippen LogP contribution in [-0.4, -0.2) is 57.8 Å². The van der Waals surface area contributed by atoms with Gasteiger partial charge in [-0.1, -0.05) is 11.6 Å². The number of ether oxygens (including phenoxy) is 2. The van der Waals surface area contributed by atoms with Crippen LogP contribution < -0.4 is 13.8 Å². The van der Waals surface area contributed by atoms with Gasteiger partial charge in [0.1, 0.15) is 16.4 Å². The Morgan fingerprint density at radius 1 is 1.02 bits per heavy atom. The second kappa shape index (κ2) is 11.1. The zero-order valence-corrected chi connectivity index (χ0v) is 25.9. The molecule has 6 aliphatic rings. The molecule has 2 aromatic rings. The van der Waals surface area contributed by atoms with Gasteiger partial charge in [0.25, 0.3) is 10.0 Å². The van der Waals surface area contributed by atoms with E-state index in [1.54, 1.807) is 37.4 Å². The third-order valence-corrected chi connectivity index (χ3v) is 12.5. The van der Waals surface area contributed by atoms with Crippen molar-refractivity contribution in [3.63, 3.8) is 0 Å². The first-order valence-corrected chi connectivity index (χ1v) is 16.6. The minimum absolute atomic E-state index is 0. The van der Waals surface area contributed by atoms with Crippen molar-refractivity contribution in [2.45, 2.75) is 62.4 Å². The van der Waals surface area contributed by atoms with Crippen molar-refractivity contribution in [1.82, 2.24) is 4.90 Å². The van der Waals surface area contributed by atoms with Gasteiger partial charge in [-0.15, -0.1) is 12.4 Å². The van der Waals surface area contributed by atoms with Crippen LogP contribution in [-0.2, 0) is 10.0 Å². The Balaban J connectivity index is 0.00000302. The number of aliphatic hydroxyl groups excluding tert-OH is 1. The SMILES string of the molecule is COc1ccc2c(c1)N(CC1CCN(C[C@H](O)C34CC5CC(CC(C5)C3)C4)CC1)S(=O)(=O)c1cc(Cl)ccc1O2.Cl. The number of likely N-dealkylation sites (tertiary alicyclic amines) is 1. The van der Waals surface area contributed by atoms with Gasteiger partial charge in [-0.25, -0.2) is 8.42 Å². The zero-order valence-electron chi connectivity index (χ0n) is 23.5. The topological polar surface area (TPSA) is 79.3 Å². The number of piperidine rings is 1. The maximum Gasteiger partial charge on any atom is 0.268 e. The molecule has 1 N–H and O–H groups in total. The molecule has 0 radical (unpaired) electrons. The first kappa shape index (κ1) is 29.4. The van der Waals surface area contributed by atoms with Crippen LogP contribution in [0.5, 0.6) is 17.2 Å². The van der Waals surface area contributed by atoms with Gasteiger partial charge in [0, 0.05) is 24.2 Å². The van der Waals surface area contributed by atoms with E-state index in [0.29, 0.717) is 28.8 Å². The van der Waals surface area contributed by atoms with E-state index in [2.05, 4.69) is 4.90 Å². The lowest BCUT2D eigenvalue weighted by Crippen LogP contribution is -2.55. The van der Waals surface area contributed by atoms with Crippen LogP contribution in [0.1, 0.15) is 51.4 Å². The number of fused-ring (bicyclic) bond motifs is 2. The van der Waals surface area contributed by atoms with Crippen LogP contribution in [0.15, 0.2) is 41.3 Å². The number of nitrogens with zero attached hydrogens (tertiary/aromatic N) is 2. The average molecular weight is 624 g/mol. The van der Waals surface area contributed by atoms with Crippen molar-refractivity contribution in [3.05, 3.63) is 41.4 Å². The van der Waals surface area contributed by atoms with Gasteiger partial charge in [0.2, 0.25) is 0 Å². The second-order valence-corrected chi connectivity index (χ2v) is 15.4. The first-order chi connectivity index (χ1) is 19.2. The van der Waals surface area contributed by atoms with Crippen LogP contribution in [0, 0.1) is 29.1 Å². The van der Waals surface area contributed by atoms with Gasteiger partial charge >= 0.3 is 0 Å². The van der Waals surface area contributed by atoms with Gasteiger partial charge in [0.15, 0.2) is 5.75 Å². The van der Waals surface area contributed by atoms with Crippen molar-refractivity contribution >= 4 is 39.7 Å². The fraction of sp³-hybridized carbons (Fsp3) is 0.613. The molecule has 2 aromatic carbocycles. The zero-order chi connectivity index (χ0) is 27.6. The van der Waals surface area contributed by atoms with Crippen LogP contribution in [0.2, 0.25) is 5.02 Å². The van der Waals surface area contributed by atoms with Gasteiger partial charge in [-0.2, -0.15) is 0 Å². The highest BCUT2D eigenvalue weighted by Gasteiger charge is 2.54. The van der Waals surface area contributed by atoms with E-state index in [1.807, 2.05) is 0 Å². The largest absolute Gasteiger partial charge is 0.497 e. The Morgan fingerprint density at radius 2 is 1.66 bits per heavy atom. The molecular formula is C31H40Cl2N2O5S. The van der Waals surface area contributed by atoms with Gasteiger partial charge in [-0.3, -0.25) is 4.31 Å². The number of halogens is 2. The maximum atomic E-state index is 14.0. The number of aliphatic hydroxyl groups is 1. The fourth-order valence-corrected chi connectivity index (χ4v) is 10.8. The number of hydrogen-bond acceptors (Lipinski definition) is 6. The molecule has 1 saturated heterocycles. The number of anilines is 1. The summed E-state index contributed by atoms with van der Waals surface area (Å²) < 4.78 is 41.1. The average Bonchev–Trinajstić information content (AvgIpc) is 3.01. The monoisotopic (exact) mass is 622 g/mol. The highest BCUT2D eigenvalue weighted by Crippen LogP contribution is 2.61. The minimum atomic E-state index is -3.92. The van der Waals surface area contributed by atoms with E-state index >= 15 is 0 Å². The second-order valence-electron chi connectivity index (χ2n) is 13.1. The minimum Gasteiger partial charge on any atom is -0.497 e. The van der Waals surface area contributed by atoms with Crippen molar-refractivity contribution in [3.8, 4) is 17.2 Å². The number of β-amino-alcohol motifs (C(OH)–C–C–N with tert-alkyl or cyclic N) is 1. The van der Waals surface area contributed by atoms with Gasteiger partial charge < -0.3 is 19.5 Å². The molecule has 2 heterocycles. The highest BCUT2D eigenvalue weighted by atomic mass is 35.5. The Labute approximate surface area is 254 Å². The van der Waals surface area contributed by atoms with Crippen LogP contribution in [0.4, 0.5) is 5.69 Å². The lowest BCUT2D eigenvalue weighted by atomic mass is 9.48. The summed E-state index contributed by atoms with van der Waals surface area (Å²) in [7, 11) is -2.35. The van der Waals surface area contributed by atoms with E-state index in [4.69, 9.17) is 21.1 Å². The Kier molecular flexibility index (Phi) is 7.94. The predicted molar refractivity (Wildman–Crippen MR) is 162 cm³/mol. The highest BCUT2D eigenvalue weighted by molar-refractivity contribution is 7.93. The summed E-state index contributed by atoms with van der Waals surface area (Å²) in [6, 6.07) is 9.99. The molecule has 1 atom stereocenters. The number of benzene rings is 2. The molecule has 4 aliphatic carbocycles. The van der Waals surface area contributed by atoms with E-state index in [9.17, 15) is 13.5 Å². The number of methoxy groups -OCH3 is 1. The normalized spacial score (nSPS) is 30.9. The lowest BCUT2D eigenvalue weighted by molar-refractivity contribution is -0.127. The first-order valence-electron chi connectivity index (χ1n) is 14.8. The van der Waals surface area contributed by atoms with Crippen LogP contribution in [0.3, 0.4) is 0 Å². The van der Waals surface area contributed by atoms with Crippen molar-refractivity contribution in [1.29, 1.82) is 0 Å². The maximum absolute atomic E-state index is 14.0. The molecular weight excluding hydrogens is 583 g/mol. The summed E-state index contributed by atoms with van der Waals surface area (Å²) in [4.78, 5) is 2.48. The van der Waals surface area contributed by atoms with Crippen LogP contribution >= 0.6 is 24.0 Å². The molecule has 7 nitrogen and oxygen atoms in total. The molecule has 4 saturated carbocycles. The summed E-state index contributed by atoms with van der Waals surface area (Å²) in [5.41, 5.74) is 0.606. The van der Waals surface area contributed by atoms with Crippen molar-refractivity contribution < 1.29 is 23.0 Å². The molecule has 0 amide bonds. The van der Waals surface area contributed by atoms with Crippen molar-refractivity contribution in [2.75, 3.05) is 37.6 Å². The van der Waals surface area contributed by atoms with E-state index in [1.165, 1.54) is 48.9 Å². The number of rotatable bonds is 6. The van der Waals surface area contributed by atoms with E-state index in [-0.39, 0.29) is 40.5 Å². The quantitative estimate of drug-likeness (QED) is 0.404. The summed E-state index contributed by atoms with van der Waals surface area (Å²) in [5, 5.41) is 11.8. The molecule has 224 valence electrons. The third kappa shape index (κ3) is 5.33. The Bertz CT molecular complexity index is 1360. The molecule has 0 unspecified atom stereocenters. The van der Waals surface area contributed by atoms with Crippen LogP contribution in [0.25, 0.3) is 0 Å². The molecule has 0 spiro atoms. The Hall–Kier alpha value is -1.71. The fourth-order valence-electron chi connectivity index (χ4n) is 8.85. The molecule has 10 heteroatoms. The summed E-state index contributed by atoms with van der Waals surface area (Å²) >= 11 is 6.23. The summed E-state index contributed by atoms with van der Waals surface area (Å²) in [6.45, 7) is 2.82. The number of hydrogen-bond donors (Lipinski definition) is 1. The van der Waals surface area contributed by atoms with E-state index < -0.39 is 10.0 Å². The van der Waals surface area contributed by atoms with Crippen molar-refractivity contribution in [2.24, 2.45) is 29.1 Å². The Morgan fingerprint density at radius 3 is 2.29 bits per heavy atom. The van der Waals surface area contributed by atoms with E-state index in [0.717, 1.165) is 50.2 Å².